The summed E-state index contributed by atoms with van der Waals surface area (Å²) in [4.78, 5) is 3.98. The quantitative estimate of drug-likeness (QED) is 0.885. The summed E-state index contributed by atoms with van der Waals surface area (Å²) in [7, 11) is -3.36. The number of nitrogens with zero attached hydrogens (tertiary/aromatic N) is 1. The summed E-state index contributed by atoms with van der Waals surface area (Å²) in [6, 6.07) is 6.33. The molecule has 22 heavy (non-hydrogen) atoms. The van der Waals surface area contributed by atoms with Crippen LogP contribution >= 0.6 is 0 Å². The van der Waals surface area contributed by atoms with Gasteiger partial charge in [0.15, 0.2) is 11.6 Å². The van der Waals surface area contributed by atoms with E-state index in [0.717, 1.165) is 12.1 Å². The van der Waals surface area contributed by atoms with E-state index in [9.17, 15) is 17.2 Å². The largest absolute Gasteiger partial charge is 0.439 e. The van der Waals surface area contributed by atoms with Gasteiger partial charge in [0.05, 0.1) is 5.75 Å². The van der Waals surface area contributed by atoms with E-state index in [1.807, 2.05) is 0 Å². The number of pyridine rings is 1. The summed E-state index contributed by atoms with van der Waals surface area (Å²) in [5.41, 5.74) is 0.476. The van der Waals surface area contributed by atoms with Crippen LogP contribution in [0.3, 0.4) is 0 Å². The lowest BCUT2D eigenvalue weighted by molar-refractivity contribution is 0.442. The first-order chi connectivity index (χ1) is 10.4. The molecule has 2 rings (SSSR count). The number of sulfonamides is 1. The molecule has 5 nitrogen and oxygen atoms in total. The maximum absolute atomic E-state index is 13.2. The Bertz CT molecular complexity index is 766. The smallest absolute Gasteiger partial charge is 0.223 e. The molecule has 0 aliphatic rings. The Morgan fingerprint density at radius 1 is 1.23 bits per heavy atom. The SMILES string of the molecule is CCS(=O)(=O)NCc1cccnc1Oc1ccc(F)c(F)c1. The fourth-order valence-corrected chi connectivity index (χ4v) is 2.17. The van der Waals surface area contributed by atoms with Gasteiger partial charge in [-0.25, -0.2) is 26.9 Å². The Morgan fingerprint density at radius 2 is 2.00 bits per heavy atom. The van der Waals surface area contributed by atoms with Gasteiger partial charge in [0.2, 0.25) is 15.9 Å². The predicted molar refractivity (Wildman–Crippen MR) is 77.0 cm³/mol. The zero-order chi connectivity index (χ0) is 16.2. The van der Waals surface area contributed by atoms with Crippen molar-refractivity contribution in [2.75, 3.05) is 5.75 Å². The number of nitrogens with one attached hydrogen (secondary N) is 1. The molecule has 0 aliphatic heterocycles. The van der Waals surface area contributed by atoms with Crippen LogP contribution in [0.15, 0.2) is 36.5 Å². The summed E-state index contributed by atoms with van der Waals surface area (Å²) >= 11 is 0. The molecule has 118 valence electrons. The number of rotatable bonds is 6. The second-order valence-corrected chi connectivity index (χ2v) is 6.47. The maximum Gasteiger partial charge on any atom is 0.223 e. The van der Waals surface area contributed by atoms with E-state index in [0.29, 0.717) is 5.56 Å². The lowest BCUT2D eigenvalue weighted by atomic mass is 10.2. The number of benzene rings is 1. The maximum atomic E-state index is 13.2. The van der Waals surface area contributed by atoms with Gasteiger partial charge in [0.25, 0.3) is 0 Å². The van der Waals surface area contributed by atoms with Gasteiger partial charge >= 0.3 is 0 Å². The summed E-state index contributed by atoms with van der Waals surface area (Å²) in [6.45, 7) is 1.51. The van der Waals surface area contributed by atoms with E-state index in [4.69, 9.17) is 4.74 Å². The van der Waals surface area contributed by atoms with Crippen LogP contribution in [0.4, 0.5) is 8.78 Å². The second kappa shape index (κ2) is 6.80. The molecule has 2 aromatic rings. The highest BCUT2D eigenvalue weighted by molar-refractivity contribution is 7.89. The first-order valence-corrected chi connectivity index (χ1v) is 8.10. The third-order valence-electron chi connectivity index (χ3n) is 2.82. The summed E-state index contributed by atoms with van der Waals surface area (Å²) in [5.74, 6) is -1.89. The molecule has 0 saturated heterocycles. The molecule has 1 N–H and O–H groups in total. The molecular weight excluding hydrogens is 314 g/mol. The Hall–Kier alpha value is -2.06. The van der Waals surface area contributed by atoms with Crippen molar-refractivity contribution in [2.24, 2.45) is 0 Å². The lowest BCUT2D eigenvalue weighted by Gasteiger charge is -2.10. The predicted octanol–water partition coefficient (Wildman–Crippen LogP) is 2.59. The van der Waals surface area contributed by atoms with Gasteiger partial charge in [0.1, 0.15) is 5.75 Å². The van der Waals surface area contributed by atoms with Crippen molar-refractivity contribution in [2.45, 2.75) is 13.5 Å². The van der Waals surface area contributed by atoms with E-state index >= 15 is 0 Å². The van der Waals surface area contributed by atoms with Gasteiger partial charge in [-0.2, -0.15) is 0 Å². The number of hydrogen-bond donors (Lipinski definition) is 1. The van der Waals surface area contributed by atoms with Crippen molar-refractivity contribution in [3.05, 3.63) is 53.7 Å². The van der Waals surface area contributed by atoms with Crippen molar-refractivity contribution in [3.63, 3.8) is 0 Å². The monoisotopic (exact) mass is 328 g/mol. The molecule has 1 aromatic heterocycles. The van der Waals surface area contributed by atoms with E-state index in [2.05, 4.69) is 9.71 Å². The average Bonchev–Trinajstić information content (AvgIpc) is 2.50. The first kappa shape index (κ1) is 16.3. The Morgan fingerprint density at radius 3 is 2.68 bits per heavy atom. The van der Waals surface area contributed by atoms with Crippen LogP contribution in [-0.2, 0) is 16.6 Å². The Labute approximate surface area is 127 Å². The van der Waals surface area contributed by atoms with E-state index in [1.165, 1.54) is 19.2 Å². The molecule has 0 atom stereocenters. The molecule has 0 unspecified atom stereocenters. The normalized spacial score (nSPS) is 11.4. The van der Waals surface area contributed by atoms with Crippen LogP contribution in [0.2, 0.25) is 0 Å². The minimum atomic E-state index is -3.36. The number of ether oxygens (including phenoxy) is 1. The fraction of sp³-hybridized carbons (Fsp3) is 0.214. The molecule has 0 aliphatic carbocycles. The minimum absolute atomic E-state index is 0.0109. The van der Waals surface area contributed by atoms with Crippen LogP contribution in [0.5, 0.6) is 11.6 Å². The standard InChI is InChI=1S/C14H14F2N2O3S/c1-2-22(19,20)18-9-10-4-3-7-17-14(10)21-11-5-6-12(15)13(16)8-11/h3-8,18H,2,9H2,1H3. The van der Waals surface area contributed by atoms with Crippen LogP contribution in [0.1, 0.15) is 12.5 Å². The number of halogens is 2. The third-order valence-corrected chi connectivity index (χ3v) is 4.16. The van der Waals surface area contributed by atoms with Crippen LogP contribution < -0.4 is 9.46 Å². The van der Waals surface area contributed by atoms with Crippen molar-refractivity contribution < 1.29 is 21.9 Å². The molecule has 0 saturated carbocycles. The first-order valence-electron chi connectivity index (χ1n) is 6.45. The van der Waals surface area contributed by atoms with Crippen LogP contribution in [0, 0.1) is 11.6 Å². The summed E-state index contributed by atoms with van der Waals surface area (Å²) in [6.07, 6.45) is 1.45. The van der Waals surface area contributed by atoms with Gasteiger partial charge in [-0.3, -0.25) is 0 Å². The second-order valence-electron chi connectivity index (χ2n) is 4.37. The van der Waals surface area contributed by atoms with Gasteiger partial charge < -0.3 is 4.74 Å². The number of aromatic nitrogens is 1. The van der Waals surface area contributed by atoms with Crippen LogP contribution in [-0.4, -0.2) is 19.2 Å². The highest BCUT2D eigenvalue weighted by Crippen LogP contribution is 2.24. The van der Waals surface area contributed by atoms with E-state index in [-0.39, 0.29) is 23.9 Å². The molecular formula is C14H14F2N2O3S. The Balaban J connectivity index is 2.19. The number of hydrogen-bond acceptors (Lipinski definition) is 4. The molecule has 1 heterocycles. The van der Waals surface area contributed by atoms with E-state index < -0.39 is 21.7 Å². The summed E-state index contributed by atoms with van der Waals surface area (Å²) < 4.78 is 56.8. The van der Waals surface area contributed by atoms with Crippen molar-refractivity contribution >= 4 is 10.0 Å². The van der Waals surface area contributed by atoms with Crippen molar-refractivity contribution in [3.8, 4) is 11.6 Å². The zero-order valence-electron chi connectivity index (χ0n) is 11.7. The summed E-state index contributed by atoms with van der Waals surface area (Å²) in [5, 5.41) is 0. The molecule has 0 radical (unpaired) electrons. The Kier molecular flexibility index (Phi) is 5.04. The highest BCUT2D eigenvalue weighted by atomic mass is 32.2. The molecule has 0 amide bonds. The van der Waals surface area contributed by atoms with Crippen LogP contribution in [0.25, 0.3) is 0 Å². The van der Waals surface area contributed by atoms with Gasteiger partial charge in [0, 0.05) is 24.4 Å². The van der Waals surface area contributed by atoms with Gasteiger partial charge in [-0.05, 0) is 25.1 Å². The van der Waals surface area contributed by atoms with Gasteiger partial charge in [-0.1, -0.05) is 6.07 Å². The van der Waals surface area contributed by atoms with Gasteiger partial charge in [-0.15, -0.1) is 0 Å². The van der Waals surface area contributed by atoms with Crippen molar-refractivity contribution in [1.82, 2.24) is 9.71 Å². The minimum Gasteiger partial charge on any atom is -0.439 e. The zero-order valence-corrected chi connectivity index (χ0v) is 12.5. The molecule has 0 bridgehead atoms. The molecule has 1 aromatic carbocycles. The molecule has 0 fully saturated rings. The topological polar surface area (TPSA) is 68.3 Å². The van der Waals surface area contributed by atoms with Crippen molar-refractivity contribution in [1.29, 1.82) is 0 Å². The highest BCUT2D eigenvalue weighted by Gasteiger charge is 2.12. The third kappa shape index (κ3) is 4.22. The lowest BCUT2D eigenvalue weighted by Crippen LogP contribution is -2.24. The molecule has 8 heteroatoms. The van der Waals surface area contributed by atoms with E-state index in [1.54, 1.807) is 12.1 Å². The fourth-order valence-electron chi connectivity index (χ4n) is 1.59. The average molecular weight is 328 g/mol. The molecule has 0 spiro atoms.